The van der Waals surface area contributed by atoms with Gasteiger partial charge in [-0.2, -0.15) is 10.2 Å². The molecule has 0 aliphatic carbocycles. The molecule has 0 bridgehead atoms. The molecule has 2 aliphatic rings. The lowest BCUT2D eigenvalue weighted by atomic mass is 10.1. The van der Waals surface area contributed by atoms with E-state index in [0.29, 0.717) is 43.4 Å². The van der Waals surface area contributed by atoms with Gasteiger partial charge in [0, 0.05) is 62.4 Å². The summed E-state index contributed by atoms with van der Waals surface area (Å²) in [6, 6.07) is 18.9. The summed E-state index contributed by atoms with van der Waals surface area (Å²) in [6.07, 6.45) is 0.0782. The Morgan fingerprint density at radius 2 is 1.78 bits per heavy atom. The molecule has 2 aliphatic heterocycles. The molecule has 0 radical (unpaired) electrons. The maximum atomic E-state index is 12.7. The second-order valence-electron chi connectivity index (χ2n) is 9.10. The third-order valence-corrected chi connectivity index (χ3v) is 6.46. The molecule has 1 aromatic heterocycles. The number of hydrogen-bond donors (Lipinski definition) is 3. The van der Waals surface area contributed by atoms with Gasteiger partial charge in [-0.15, -0.1) is 0 Å². The molecule has 0 saturated carbocycles. The van der Waals surface area contributed by atoms with E-state index < -0.39 is 0 Å². The van der Waals surface area contributed by atoms with Crippen molar-refractivity contribution in [3.63, 3.8) is 0 Å². The summed E-state index contributed by atoms with van der Waals surface area (Å²) in [5.41, 5.74) is 4.15. The number of ether oxygens (including phenoxy) is 1. The van der Waals surface area contributed by atoms with Crippen LogP contribution in [0.15, 0.2) is 54.6 Å². The van der Waals surface area contributed by atoms with E-state index in [9.17, 15) is 4.79 Å². The van der Waals surface area contributed by atoms with Crippen molar-refractivity contribution in [1.82, 2.24) is 20.2 Å². The minimum Gasteiger partial charge on any atom is -0.371 e. The topological polar surface area (TPSA) is 118 Å². The number of nitrogens with zero attached hydrogens (tertiary/aromatic N) is 5. The molecule has 1 unspecified atom stereocenters. The Kier molecular flexibility index (Phi) is 7.44. The van der Waals surface area contributed by atoms with Crippen LogP contribution in [0, 0.1) is 18.3 Å². The molecule has 1 atom stereocenters. The number of morpholine rings is 1. The van der Waals surface area contributed by atoms with Gasteiger partial charge in [0.25, 0.3) is 0 Å². The number of aryl methyl sites for hydroxylation is 1. The monoisotopic (exact) mass is 498 g/mol. The van der Waals surface area contributed by atoms with Crippen molar-refractivity contribution in [2.45, 2.75) is 13.0 Å². The average Bonchev–Trinajstić information content (AvgIpc) is 2.94. The third-order valence-electron chi connectivity index (χ3n) is 6.46. The lowest BCUT2D eigenvalue weighted by molar-refractivity contribution is 0.0277. The van der Waals surface area contributed by atoms with Gasteiger partial charge in [-0.25, -0.2) is 9.78 Å². The molecular weight excluding hydrogens is 468 g/mol. The minimum absolute atomic E-state index is 0.0782. The van der Waals surface area contributed by atoms with Crippen LogP contribution in [-0.2, 0) is 4.74 Å². The molecule has 2 fully saturated rings. The van der Waals surface area contributed by atoms with Crippen molar-refractivity contribution in [3.8, 4) is 6.07 Å². The fourth-order valence-electron chi connectivity index (χ4n) is 4.43. The summed E-state index contributed by atoms with van der Waals surface area (Å²) in [5, 5.41) is 18.5. The molecule has 37 heavy (non-hydrogen) atoms. The normalized spacial score (nSPS) is 17.7. The number of amides is 2. The van der Waals surface area contributed by atoms with Gasteiger partial charge in [-0.3, -0.25) is 0 Å². The quantitative estimate of drug-likeness (QED) is 0.490. The summed E-state index contributed by atoms with van der Waals surface area (Å²) in [5.74, 6) is 1.37. The highest BCUT2D eigenvalue weighted by Crippen LogP contribution is 2.23. The van der Waals surface area contributed by atoms with Crippen LogP contribution in [0.25, 0.3) is 0 Å². The Labute approximate surface area is 216 Å². The maximum Gasteiger partial charge on any atom is 0.321 e. The van der Waals surface area contributed by atoms with Crippen molar-refractivity contribution in [3.05, 3.63) is 71.4 Å². The van der Waals surface area contributed by atoms with Gasteiger partial charge in [0.2, 0.25) is 5.95 Å². The second-order valence-corrected chi connectivity index (χ2v) is 9.10. The first kappa shape index (κ1) is 24.5. The van der Waals surface area contributed by atoms with Gasteiger partial charge < -0.3 is 30.5 Å². The molecule has 0 spiro atoms. The average molecular weight is 499 g/mol. The minimum atomic E-state index is -0.150. The van der Waals surface area contributed by atoms with Gasteiger partial charge >= 0.3 is 6.03 Å². The van der Waals surface area contributed by atoms with Crippen LogP contribution in [0.2, 0.25) is 0 Å². The van der Waals surface area contributed by atoms with Gasteiger partial charge in [-0.05, 0) is 48.9 Å². The Balaban J connectivity index is 1.18. The zero-order chi connectivity index (χ0) is 25.6. The predicted molar refractivity (Wildman–Crippen MR) is 142 cm³/mol. The SMILES string of the molecule is Cc1cc(N2CCN(C(=O)Nc3ccc(C#N)cc3)CC2)nc(Nc2ccc(C3CNCCO3)cc2)n1. The molecule has 10 nitrogen and oxygen atoms in total. The molecule has 3 heterocycles. The standard InChI is InChI=1S/C27H30N8O2/c1-19-16-25(33-26(30-19)31-22-8-4-21(5-9-22)24-18-29-10-15-37-24)34-11-13-35(14-12-34)27(36)32-23-6-2-20(17-28)3-7-23/h2-9,16,24,29H,10-15,18H2,1H3,(H,32,36)(H,30,31,33). The van der Waals surface area contributed by atoms with Gasteiger partial charge in [0.1, 0.15) is 5.82 Å². The number of hydrogen-bond acceptors (Lipinski definition) is 8. The Hall–Kier alpha value is -4.20. The van der Waals surface area contributed by atoms with Crippen LogP contribution in [0.3, 0.4) is 0 Å². The van der Waals surface area contributed by atoms with Gasteiger partial charge in [-0.1, -0.05) is 12.1 Å². The first-order chi connectivity index (χ1) is 18.1. The van der Waals surface area contributed by atoms with Crippen LogP contribution in [0.5, 0.6) is 0 Å². The highest BCUT2D eigenvalue weighted by atomic mass is 16.5. The number of aromatic nitrogens is 2. The molecule has 2 amide bonds. The molecule has 3 aromatic rings. The lowest BCUT2D eigenvalue weighted by Crippen LogP contribution is -2.50. The summed E-state index contributed by atoms with van der Waals surface area (Å²) < 4.78 is 5.83. The molecular formula is C27H30N8O2. The number of piperazine rings is 1. The molecule has 190 valence electrons. The van der Waals surface area contributed by atoms with Gasteiger partial charge in [0.15, 0.2) is 0 Å². The maximum absolute atomic E-state index is 12.7. The molecule has 10 heteroatoms. The van der Waals surface area contributed by atoms with E-state index >= 15 is 0 Å². The summed E-state index contributed by atoms with van der Waals surface area (Å²) in [7, 11) is 0. The number of rotatable bonds is 5. The first-order valence-corrected chi connectivity index (χ1v) is 12.4. The number of nitriles is 1. The molecule has 2 aromatic carbocycles. The number of carbonyl (C=O) groups excluding carboxylic acids is 1. The summed E-state index contributed by atoms with van der Waals surface area (Å²) in [6.45, 7) is 6.88. The number of urea groups is 1. The van der Waals surface area contributed by atoms with E-state index in [1.165, 1.54) is 0 Å². The highest BCUT2D eigenvalue weighted by molar-refractivity contribution is 5.89. The first-order valence-electron chi connectivity index (χ1n) is 12.4. The Morgan fingerprint density at radius 1 is 1.05 bits per heavy atom. The largest absolute Gasteiger partial charge is 0.371 e. The highest BCUT2D eigenvalue weighted by Gasteiger charge is 2.23. The number of nitrogens with one attached hydrogen (secondary N) is 3. The van der Waals surface area contributed by atoms with Crippen LogP contribution >= 0.6 is 0 Å². The van der Waals surface area contributed by atoms with Crippen molar-refractivity contribution in [2.24, 2.45) is 0 Å². The van der Waals surface area contributed by atoms with Crippen LogP contribution in [-0.4, -0.2) is 66.8 Å². The fraction of sp³-hybridized carbons (Fsp3) is 0.333. The van der Waals surface area contributed by atoms with Crippen molar-refractivity contribution >= 4 is 29.2 Å². The van der Waals surface area contributed by atoms with E-state index in [-0.39, 0.29) is 12.1 Å². The van der Waals surface area contributed by atoms with E-state index in [4.69, 9.17) is 15.0 Å². The smallest absolute Gasteiger partial charge is 0.321 e. The van der Waals surface area contributed by atoms with E-state index in [1.54, 1.807) is 29.2 Å². The van der Waals surface area contributed by atoms with Crippen molar-refractivity contribution < 1.29 is 9.53 Å². The lowest BCUT2D eigenvalue weighted by Gasteiger charge is -2.35. The summed E-state index contributed by atoms with van der Waals surface area (Å²) >= 11 is 0. The van der Waals surface area contributed by atoms with Gasteiger partial charge in [0.05, 0.1) is 24.3 Å². The predicted octanol–water partition coefficient (Wildman–Crippen LogP) is 3.42. The molecule has 2 saturated heterocycles. The molecule has 5 rings (SSSR count). The number of benzene rings is 2. The van der Waals surface area contributed by atoms with Crippen LogP contribution in [0.4, 0.5) is 27.9 Å². The van der Waals surface area contributed by atoms with Crippen molar-refractivity contribution in [1.29, 1.82) is 5.26 Å². The summed E-state index contributed by atoms with van der Waals surface area (Å²) in [4.78, 5) is 25.9. The number of anilines is 4. The Bertz CT molecular complexity index is 1260. The zero-order valence-electron chi connectivity index (χ0n) is 20.8. The van der Waals surface area contributed by atoms with E-state index in [0.717, 1.165) is 42.5 Å². The fourth-order valence-corrected chi connectivity index (χ4v) is 4.43. The third kappa shape index (κ3) is 6.14. The van der Waals surface area contributed by atoms with Crippen LogP contribution < -0.4 is 20.9 Å². The molecule has 3 N–H and O–H groups in total. The Morgan fingerprint density at radius 3 is 2.46 bits per heavy atom. The van der Waals surface area contributed by atoms with E-state index in [1.807, 2.05) is 25.1 Å². The second kappa shape index (κ2) is 11.2. The number of carbonyl (C=O) groups is 1. The van der Waals surface area contributed by atoms with Crippen molar-refractivity contribution in [2.75, 3.05) is 61.4 Å². The zero-order valence-corrected chi connectivity index (χ0v) is 20.8. The van der Waals surface area contributed by atoms with Crippen LogP contribution in [0.1, 0.15) is 22.9 Å². The van der Waals surface area contributed by atoms with E-state index in [2.05, 4.69) is 44.0 Å².